The van der Waals surface area contributed by atoms with E-state index in [1.54, 1.807) is 12.1 Å². The molecule has 0 spiro atoms. The van der Waals surface area contributed by atoms with E-state index in [-0.39, 0.29) is 28.8 Å². The molecule has 1 saturated carbocycles. The van der Waals surface area contributed by atoms with Crippen LogP contribution < -0.4 is 10.3 Å². The second-order valence-corrected chi connectivity index (χ2v) is 10.6. The van der Waals surface area contributed by atoms with E-state index in [4.69, 9.17) is 9.47 Å². The van der Waals surface area contributed by atoms with Gasteiger partial charge in [-0.05, 0) is 58.0 Å². The lowest BCUT2D eigenvalue weighted by atomic mass is 10.1. The van der Waals surface area contributed by atoms with Crippen LogP contribution in [0.1, 0.15) is 32.6 Å². The molecule has 0 aliphatic heterocycles. The average Bonchev–Trinajstić information content (AvgIpc) is 3.41. The Bertz CT molecular complexity index is 1320. The van der Waals surface area contributed by atoms with Gasteiger partial charge in [0.2, 0.25) is 0 Å². The fraction of sp³-hybridized carbons (Fsp3) is 0.455. The second-order valence-electron chi connectivity index (χ2n) is 8.36. The lowest BCUT2D eigenvalue weighted by molar-refractivity contribution is 0.0997. The van der Waals surface area contributed by atoms with Crippen molar-refractivity contribution in [1.82, 2.24) is 14.9 Å². The van der Waals surface area contributed by atoms with Crippen LogP contribution in [0.4, 0.5) is 4.79 Å². The number of nitrogens with one attached hydrogen (secondary N) is 2. The van der Waals surface area contributed by atoms with Gasteiger partial charge >= 0.3 is 6.16 Å². The van der Waals surface area contributed by atoms with Gasteiger partial charge in [0, 0.05) is 23.1 Å². The van der Waals surface area contributed by atoms with Crippen molar-refractivity contribution in [3.05, 3.63) is 34.7 Å². The van der Waals surface area contributed by atoms with Crippen molar-refractivity contribution in [2.45, 2.75) is 48.8 Å². The van der Waals surface area contributed by atoms with Gasteiger partial charge in [-0.15, -0.1) is 0 Å². The van der Waals surface area contributed by atoms with E-state index in [9.17, 15) is 18.0 Å². The smallest absolute Gasteiger partial charge is 0.434 e. The first-order valence-electron chi connectivity index (χ1n) is 10.6. The van der Waals surface area contributed by atoms with E-state index >= 15 is 0 Å². The Morgan fingerprint density at radius 3 is 2.72 bits per heavy atom. The number of ether oxygens (including phenoxy) is 2. The van der Waals surface area contributed by atoms with Crippen molar-refractivity contribution in [2.24, 2.45) is 0 Å². The molecule has 0 radical (unpaired) electrons. The van der Waals surface area contributed by atoms with Crippen molar-refractivity contribution in [1.29, 1.82) is 0 Å². The molecule has 3 aromatic rings. The highest BCUT2D eigenvalue weighted by Crippen LogP contribution is 2.35. The number of benzene rings is 1. The minimum atomic E-state index is -3.57. The third-order valence-corrected chi connectivity index (χ3v) is 8.27. The van der Waals surface area contributed by atoms with E-state index in [2.05, 4.69) is 14.9 Å². The first kappa shape index (κ1) is 22.3. The number of sulfone groups is 1. The maximum Gasteiger partial charge on any atom is 0.513 e. The SMILES string of the molecule is CCCOC(=O)Oc1c[nH]c2c(=O)[nH]c3ccc(S(=O)(=O)[C@@H]4CCC(N(C)C)C4)cc3c12. The van der Waals surface area contributed by atoms with Crippen molar-refractivity contribution >= 4 is 37.8 Å². The Hall–Kier alpha value is -2.85. The van der Waals surface area contributed by atoms with Crippen LogP contribution in [0.3, 0.4) is 0 Å². The van der Waals surface area contributed by atoms with Crippen LogP contribution >= 0.6 is 0 Å². The van der Waals surface area contributed by atoms with Gasteiger partial charge in [0.1, 0.15) is 5.52 Å². The highest BCUT2D eigenvalue weighted by Gasteiger charge is 2.36. The molecule has 1 aromatic carbocycles. The Labute approximate surface area is 185 Å². The molecule has 4 rings (SSSR count). The maximum absolute atomic E-state index is 13.4. The highest BCUT2D eigenvalue weighted by atomic mass is 32.2. The quantitative estimate of drug-likeness (QED) is 0.541. The molecule has 2 atom stereocenters. The Kier molecular flexibility index (Phi) is 6.00. The molecule has 32 heavy (non-hydrogen) atoms. The fourth-order valence-corrected chi connectivity index (χ4v) is 6.15. The van der Waals surface area contributed by atoms with Gasteiger partial charge < -0.3 is 24.3 Å². The number of H-pyrrole nitrogens is 2. The predicted octanol–water partition coefficient (Wildman–Crippen LogP) is 3.19. The molecule has 0 amide bonds. The standard InChI is InChI=1S/C22H27N3O6S/c1-4-9-30-22(27)31-18-12-23-20-19(18)16-11-15(7-8-17(16)24-21(20)26)32(28,29)14-6-5-13(10-14)25(2)3/h7-8,11-14,23H,4-6,9-10H2,1-3H3,(H,24,26)/t13?,14-/m1/s1. The maximum atomic E-state index is 13.4. The molecular formula is C22H27N3O6S. The molecule has 2 aromatic heterocycles. The number of carbonyl (C=O) groups is 1. The molecule has 10 heteroatoms. The van der Waals surface area contributed by atoms with Crippen LogP contribution in [0.15, 0.2) is 34.1 Å². The summed E-state index contributed by atoms with van der Waals surface area (Å²) in [5.74, 6) is 0.111. The number of hydrogen-bond acceptors (Lipinski definition) is 7. The van der Waals surface area contributed by atoms with Gasteiger partial charge in [0.15, 0.2) is 15.6 Å². The summed E-state index contributed by atoms with van der Waals surface area (Å²) in [4.78, 5) is 32.2. The van der Waals surface area contributed by atoms with Crippen molar-refractivity contribution in [3.63, 3.8) is 0 Å². The summed E-state index contributed by atoms with van der Waals surface area (Å²) in [6.07, 6.45) is 3.17. The lowest BCUT2D eigenvalue weighted by Crippen LogP contribution is -2.27. The summed E-state index contributed by atoms with van der Waals surface area (Å²) in [5.41, 5.74) is 0.244. The molecule has 1 aliphatic rings. The van der Waals surface area contributed by atoms with Crippen LogP contribution in [0.25, 0.3) is 21.8 Å². The second kappa shape index (κ2) is 8.59. The first-order valence-corrected chi connectivity index (χ1v) is 12.2. The summed E-state index contributed by atoms with van der Waals surface area (Å²) >= 11 is 0. The van der Waals surface area contributed by atoms with Crippen LogP contribution in [-0.4, -0.2) is 61.4 Å². The largest absolute Gasteiger partial charge is 0.513 e. The van der Waals surface area contributed by atoms with Gasteiger partial charge in [-0.2, -0.15) is 0 Å². The normalized spacial score (nSPS) is 19.1. The van der Waals surface area contributed by atoms with Gasteiger partial charge in [0.05, 0.1) is 22.1 Å². The molecule has 2 heterocycles. The molecular weight excluding hydrogens is 434 g/mol. The van der Waals surface area contributed by atoms with Gasteiger partial charge in [-0.1, -0.05) is 6.92 Å². The molecule has 1 unspecified atom stereocenters. The van der Waals surface area contributed by atoms with Gasteiger partial charge in [0.25, 0.3) is 5.56 Å². The molecule has 0 bridgehead atoms. The lowest BCUT2D eigenvalue weighted by Gasteiger charge is -2.19. The zero-order valence-corrected chi connectivity index (χ0v) is 19.1. The fourth-order valence-electron chi connectivity index (χ4n) is 4.30. The van der Waals surface area contributed by atoms with Gasteiger partial charge in [-0.25, -0.2) is 13.2 Å². The van der Waals surface area contributed by atoms with Crippen LogP contribution in [-0.2, 0) is 14.6 Å². The van der Waals surface area contributed by atoms with Crippen LogP contribution in [0.5, 0.6) is 5.75 Å². The third-order valence-electron chi connectivity index (χ3n) is 6.05. The number of carbonyl (C=O) groups excluding carboxylic acids is 1. The summed E-state index contributed by atoms with van der Waals surface area (Å²) in [6.45, 7) is 2.07. The number of hydrogen-bond donors (Lipinski definition) is 2. The molecule has 0 saturated heterocycles. The number of pyridine rings is 1. The van der Waals surface area contributed by atoms with Gasteiger partial charge in [-0.3, -0.25) is 4.79 Å². The third kappa shape index (κ3) is 4.00. The van der Waals surface area contributed by atoms with E-state index < -0.39 is 26.8 Å². The van der Waals surface area contributed by atoms with E-state index in [1.807, 2.05) is 21.0 Å². The predicted molar refractivity (Wildman–Crippen MR) is 121 cm³/mol. The number of rotatable bonds is 6. The number of fused-ring (bicyclic) bond motifs is 3. The number of nitrogens with zero attached hydrogens (tertiary/aromatic N) is 1. The van der Waals surface area contributed by atoms with Crippen molar-refractivity contribution < 1.29 is 22.7 Å². The summed E-state index contributed by atoms with van der Waals surface area (Å²) < 4.78 is 37.0. The summed E-state index contributed by atoms with van der Waals surface area (Å²) in [5, 5.41) is 0.353. The summed E-state index contributed by atoms with van der Waals surface area (Å²) in [7, 11) is 0.352. The minimum absolute atomic E-state index is 0.111. The zero-order valence-electron chi connectivity index (χ0n) is 18.3. The van der Waals surface area contributed by atoms with E-state index in [0.717, 1.165) is 6.42 Å². The van der Waals surface area contributed by atoms with Crippen molar-refractivity contribution in [2.75, 3.05) is 20.7 Å². The monoisotopic (exact) mass is 461 g/mol. The Morgan fingerprint density at radius 2 is 2.03 bits per heavy atom. The molecule has 9 nitrogen and oxygen atoms in total. The summed E-state index contributed by atoms with van der Waals surface area (Å²) in [6, 6.07) is 4.88. The highest BCUT2D eigenvalue weighted by molar-refractivity contribution is 7.92. The minimum Gasteiger partial charge on any atom is -0.434 e. The number of aromatic nitrogens is 2. The Balaban J connectivity index is 1.78. The van der Waals surface area contributed by atoms with Crippen molar-refractivity contribution in [3.8, 4) is 5.75 Å². The van der Waals surface area contributed by atoms with Crippen LogP contribution in [0.2, 0.25) is 0 Å². The first-order chi connectivity index (χ1) is 15.2. The molecule has 2 N–H and O–H groups in total. The van der Waals surface area contributed by atoms with Crippen LogP contribution in [0, 0.1) is 0 Å². The van der Waals surface area contributed by atoms with E-state index in [1.165, 1.54) is 12.3 Å². The molecule has 1 aliphatic carbocycles. The zero-order chi connectivity index (χ0) is 23.0. The molecule has 1 fully saturated rings. The molecule has 172 valence electrons. The number of aromatic amines is 2. The average molecular weight is 462 g/mol. The topological polar surface area (TPSA) is 122 Å². The Morgan fingerprint density at radius 1 is 1.25 bits per heavy atom. The van der Waals surface area contributed by atoms with E-state index in [0.29, 0.717) is 35.6 Å².